The number of hydrogen-bond donors (Lipinski definition) is 1. The smallest absolute Gasteiger partial charge is 0.416 e. The Bertz CT molecular complexity index is 1060. The number of morpholine rings is 1. The van der Waals surface area contributed by atoms with Gasteiger partial charge in [-0.05, 0) is 43.2 Å². The average Bonchev–Trinajstić information content (AvgIpc) is 3.36. The molecule has 2 fully saturated rings. The first kappa shape index (κ1) is 25.9. The molecular weight excluding hydrogens is 477 g/mol. The Balaban J connectivity index is 1.35. The average molecular weight is 507 g/mol. The van der Waals surface area contributed by atoms with Crippen LogP contribution in [0, 0.1) is 0 Å². The predicted octanol–water partition coefficient (Wildman–Crippen LogP) is 2.85. The summed E-state index contributed by atoms with van der Waals surface area (Å²) in [5, 5.41) is 2.86. The van der Waals surface area contributed by atoms with Gasteiger partial charge in [0.15, 0.2) is 11.4 Å². The van der Waals surface area contributed by atoms with E-state index in [-0.39, 0.29) is 29.8 Å². The van der Waals surface area contributed by atoms with E-state index in [1.54, 1.807) is 12.1 Å². The minimum absolute atomic E-state index is 0.0153. The molecule has 36 heavy (non-hydrogen) atoms. The van der Waals surface area contributed by atoms with Gasteiger partial charge in [-0.2, -0.15) is 13.2 Å². The van der Waals surface area contributed by atoms with Gasteiger partial charge in [0.25, 0.3) is 11.8 Å². The SMILES string of the molecule is O=C(NCCN1CCOCC1)c1ncccc1OC[C@H]1CCCN1C(=O)c1cccc(C(F)(F)F)c1. The van der Waals surface area contributed by atoms with E-state index < -0.39 is 17.6 Å². The van der Waals surface area contributed by atoms with Crippen molar-refractivity contribution in [3.05, 3.63) is 59.4 Å². The molecule has 2 saturated heterocycles. The molecular formula is C25H29F3N4O4. The summed E-state index contributed by atoms with van der Waals surface area (Å²) in [4.78, 5) is 33.6. The number of pyridine rings is 1. The van der Waals surface area contributed by atoms with Crippen molar-refractivity contribution in [2.45, 2.75) is 25.1 Å². The van der Waals surface area contributed by atoms with Crippen LogP contribution in [0.3, 0.4) is 0 Å². The van der Waals surface area contributed by atoms with Crippen LogP contribution in [-0.4, -0.2) is 85.2 Å². The molecule has 0 unspecified atom stereocenters. The molecule has 2 aliphatic rings. The van der Waals surface area contributed by atoms with Gasteiger partial charge in [0.1, 0.15) is 6.61 Å². The van der Waals surface area contributed by atoms with Gasteiger partial charge >= 0.3 is 6.18 Å². The number of aromatic nitrogens is 1. The molecule has 0 spiro atoms. The zero-order valence-corrected chi connectivity index (χ0v) is 19.8. The number of ether oxygens (including phenoxy) is 2. The number of carbonyl (C=O) groups excluding carboxylic acids is 2. The topological polar surface area (TPSA) is 84.0 Å². The Morgan fingerprint density at radius 1 is 1.14 bits per heavy atom. The molecule has 0 radical (unpaired) electrons. The number of carbonyl (C=O) groups is 2. The molecule has 4 rings (SSSR count). The quantitative estimate of drug-likeness (QED) is 0.593. The van der Waals surface area contributed by atoms with Gasteiger partial charge in [-0.3, -0.25) is 14.5 Å². The highest BCUT2D eigenvalue weighted by Gasteiger charge is 2.34. The second-order valence-corrected chi connectivity index (χ2v) is 8.74. The summed E-state index contributed by atoms with van der Waals surface area (Å²) in [5.41, 5.74) is -0.730. The van der Waals surface area contributed by atoms with Crippen molar-refractivity contribution in [3.8, 4) is 5.75 Å². The van der Waals surface area contributed by atoms with Crippen molar-refractivity contribution in [2.75, 3.05) is 52.5 Å². The molecule has 8 nitrogen and oxygen atoms in total. The van der Waals surface area contributed by atoms with Crippen LogP contribution in [0.15, 0.2) is 42.6 Å². The first-order chi connectivity index (χ1) is 17.3. The van der Waals surface area contributed by atoms with Crippen LogP contribution in [0.1, 0.15) is 39.3 Å². The van der Waals surface area contributed by atoms with Gasteiger partial charge in [0, 0.05) is 44.5 Å². The molecule has 3 heterocycles. The van der Waals surface area contributed by atoms with Crippen LogP contribution < -0.4 is 10.1 Å². The van der Waals surface area contributed by atoms with E-state index in [1.807, 2.05) is 0 Å². The fraction of sp³-hybridized carbons (Fsp3) is 0.480. The van der Waals surface area contributed by atoms with Crippen LogP contribution in [0.2, 0.25) is 0 Å². The Hall–Kier alpha value is -3.18. The summed E-state index contributed by atoms with van der Waals surface area (Å²) in [6, 6.07) is 7.39. The third-order valence-electron chi connectivity index (χ3n) is 6.31. The maximum atomic E-state index is 13.1. The van der Waals surface area contributed by atoms with Crippen LogP contribution in [0.25, 0.3) is 0 Å². The van der Waals surface area contributed by atoms with Gasteiger partial charge in [0.05, 0.1) is 24.8 Å². The number of hydrogen-bond acceptors (Lipinski definition) is 6. The number of alkyl halides is 3. The number of nitrogens with zero attached hydrogens (tertiary/aromatic N) is 3. The largest absolute Gasteiger partial charge is 0.489 e. The standard InChI is InChI=1S/C25H29F3N4O4/c26-25(27,28)19-5-1-4-18(16-19)24(34)32-10-3-6-20(32)17-36-21-7-2-8-29-22(21)23(33)30-9-11-31-12-14-35-15-13-31/h1-2,4-5,7-8,16,20H,3,6,9-15,17H2,(H,30,33)/t20-/m1/s1. The molecule has 2 aliphatic heterocycles. The summed E-state index contributed by atoms with van der Waals surface area (Å²) in [6.45, 7) is 4.69. The molecule has 11 heteroatoms. The highest BCUT2D eigenvalue weighted by atomic mass is 19.4. The van der Waals surface area contributed by atoms with E-state index in [1.165, 1.54) is 23.2 Å². The van der Waals surface area contributed by atoms with E-state index in [0.29, 0.717) is 51.4 Å². The van der Waals surface area contributed by atoms with Crippen molar-refractivity contribution >= 4 is 11.8 Å². The van der Waals surface area contributed by atoms with Gasteiger partial charge in [-0.15, -0.1) is 0 Å². The molecule has 0 aliphatic carbocycles. The molecule has 194 valence electrons. The minimum atomic E-state index is -4.52. The minimum Gasteiger partial charge on any atom is -0.489 e. The fourth-order valence-corrected chi connectivity index (χ4v) is 4.37. The highest BCUT2D eigenvalue weighted by Crippen LogP contribution is 2.30. The van der Waals surface area contributed by atoms with Crippen LogP contribution in [0.5, 0.6) is 5.75 Å². The third kappa shape index (κ3) is 6.52. The number of amides is 2. The Labute approximate surface area is 207 Å². The van der Waals surface area contributed by atoms with Gasteiger partial charge in [-0.1, -0.05) is 6.07 Å². The summed E-state index contributed by atoms with van der Waals surface area (Å²) in [5.74, 6) is -0.540. The molecule has 0 bridgehead atoms. The summed E-state index contributed by atoms with van der Waals surface area (Å²) in [7, 11) is 0. The predicted molar refractivity (Wildman–Crippen MR) is 125 cm³/mol. The van der Waals surface area contributed by atoms with Crippen molar-refractivity contribution in [1.82, 2.24) is 20.1 Å². The molecule has 2 aromatic rings. The summed E-state index contributed by atoms with van der Waals surface area (Å²) >= 11 is 0. The zero-order valence-electron chi connectivity index (χ0n) is 19.8. The number of likely N-dealkylation sites (tertiary alicyclic amines) is 1. The molecule has 2 amide bonds. The second-order valence-electron chi connectivity index (χ2n) is 8.74. The lowest BCUT2D eigenvalue weighted by atomic mass is 10.1. The molecule has 1 N–H and O–H groups in total. The van der Waals surface area contributed by atoms with E-state index >= 15 is 0 Å². The highest BCUT2D eigenvalue weighted by molar-refractivity contribution is 5.95. The van der Waals surface area contributed by atoms with Crippen molar-refractivity contribution in [1.29, 1.82) is 0 Å². The van der Waals surface area contributed by atoms with Crippen LogP contribution in [-0.2, 0) is 10.9 Å². The lowest BCUT2D eigenvalue weighted by molar-refractivity contribution is -0.137. The number of halogens is 3. The second kappa shape index (κ2) is 11.7. The monoisotopic (exact) mass is 506 g/mol. The zero-order chi connectivity index (χ0) is 25.5. The Morgan fingerprint density at radius 3 is 2.72 bits per heavy atom. The number of nitrogens with one attached hydrogen (secondary N) is 1. The lowest BCUT2D eigenvalue weighted by Crippen LogP contribution is -2.41. The van der Waals surface area contributed by atoms with E-state index in [0.717, 1.165) is 25.2 Å². The summed E-state index contributed by atoms with van der Waals surface area (Å²) in [6.07, 6.45) is -1.67. The van der Waals surface area contributed by atoms with Crippen LogP contribution >= 0.6 is 0 Å². The summed E-state index contributed by atoms with van der Waals surface area (Å²) < 4.78 is 50.5. The van der Waals surface area contributed by atoms with Crippen molar-refractivity contribution in [3.63, 3.8) is 0 Å². The molecule has 0 saturated carbocycles. The van der Waals surface area contributed by atoms with Gasteiger partial charge in [-0.25, -0.2) is 4.98 Å². The third-order valence-corrected chi connectivity index (χ3v) is 6.31. The van der Waals surface area contributed by atoms with E-state index in [4.69, 9.17) is 9.47 Å². The van der Waals surface area contributed by atoms with Crippen molar-refractivity contribution < 1.29 is 32.2 Å². The number of rotatable bonds is 8. The first-order valence-corrected chi connectivity index (χ1v) is 12.0. The van der Waals surface area contributed by atoms with Gasteiger partial charge in [0.2, 0.25) is 0 Å². The normalized spacial score (nSPS) is 18.8. The lowest BCUT2D eigenvalue weighted by Gasteiger charge is -2.26. The first-order valence-electron chi connectivity index (χ1n) is 12.0. The Kier molecular flexibility index (Phi) is 8.42. The van der Waals surface area contributed by atoms with Crippen molar-refractivity contribution in [2.24, 2.45) is 0 Å². The maximum absolute atomic E-state index is 13.1. The van der Waals surface area contributed by atoms with E-state index in [9.17, 15) is 22.8 Å². The number of benzene rings is 1. The molecule has 1 aromatic heterocycles. The Morgan fingerprint density at radius 2 is 1.94 bits per heavy atom. The maximum Gasteiger partial charge on any atom is 0.416 e. The molecule has 1 atom stereocenters. The van der Waals surface area contributed by atoms with Gasteiger partial charge < -0.3 is 19.7 Å². The van der Waals surface area contributed by atoms with E-state index in [2.05, 4.69) is 15.2 Å². The fourth-order valence-electron chi connectivity index (χ4n) is 4.37. The van der Waals surface area contributed by atoms with Crippen LogP contribution in [0.4, 0.5) is 13.2 Å². The molecule has 1 aromatic carbocycles.